The molecule has 0 spiro atoms. The van der Waals surface area contributed by atoms with Crippen LogP contribution in [0.3, 0.4) is 0 Å². The number of carbonyl (C=O) groups excluding carboxylic acids is 1. The molecule has 0 saturated heterocycles. The second-order valence-electron chi connectivity index (χ2n) is 3.88. The number of esters is 1. The Labute approximate surface area is 118 Å². The van der Waals surface area contributed by atoms with E-state index in [0.717, 1.165) is 0 Å². The molecule has 1 aromatic heterocycles. The second-order valence-corrected chi connectivity index (χ2v) is 4.73. The van der Waals surface area contributed by atoms with Gasteiger partial charge in [-0.2, -0.15) is 5.10 Å². The Morgan fingerprint density at radius 3 is 2.95 bits per heavy atom. The first-order valence-corrected chi connectivity index (χ1v) is 6.52. The zero-order valence-corrected chi connectivity index (χ0v) is 12.1. The molecule has 1 aromatic carbocycles. The summed E-state index contributed by atoms with van der Waals surface area (Å²) in [6.07, 6.45) is 0. The van der Waals surface area contributed by atoms with Gasteiger partial charge in [0.1, 0.15) is 5.69 Å². The van der Waals surface area contributed by atoms with Crippen molar-refractivity contribution in [1.82, 2.24) is 9.78 Å². The van der Waals surface area contributed by atoms with Gasteiger partial charge in [0.05, 0.1) is 16.8 Å². The molecule has 0 aliphatic rings. The van der Waals surface area contributed by atoms with Crippen LogP contribution in [0.2, 0.25) is 0 Å². The maximum Gasteiger partial charge on any atom is 0.357 e. The predicted molar refractivity (Wildman–Crippen MR) is 71.9 cm³/mol. The quantitative estimate of drug-likeness (QED) is 0.813. The zero-order valence-electron chi connectivity index (χ0n) is 10.5. The molecule has 0 atom stereocenters. The Balaban J connectivity index is 2.56. The third kappa shape index (κ3) is 2.68. The van der Waals surface area contributed by atoms with E-state index >= 15 is 0 Å². The Morgan fingerprint density at radius 2 is 2.26 bits per heavy atom. The first-order chi connectivity index (χ1) is 9.04. The maximum atomic E-state index is 14.1. The van der Waals surface area contributed by atoms with Crippen molar-refractivity contribution in [3.05, 3.63) is 45.9 Å². The number of aromatic nitrogens is 2. The van der Waals surface area contributed by atoms with E-state index in [0.29, 0.717) is 10.2 Å². The minimum absolute atomic E-state index is 0.200. The number of hydrogen-bond donors (Lipinski definition) is 0. The highest BCUT2D eigenvalue weighted by Gasteiger charge is 2.19. The topological polar surface area (TPSA) is 44.1 Å². The predicted octanol–water partition coefficient (Wildman–Crippen LogP) is 3.26. The second kappa shape index (κ2) is 5.52. The standard InChI is InChI=1S/C13H12BrFN2O2/c1-3-19-13(18)11-7-8(2)16-17(11)10-6-4-5-9(14)12(10)15/h4-7H,3H2,1-2H3. The van der Waals surface area contributed by atoms with Crippen LogP contribution in [0, 0.1) is 12.7 Å². The van der Waals surface area contributed by atoms with Crippen molar-refractivity contribution in [3.8, 4) is 5.69 Å². The van der Waals surface area contributed by atoms with Crippen molar-refractivity contribution in [1.29, 1.82) is 0 Å². The van der Waals surface area contributed by atoms with Crippen LogP contribution >= 0.6 is 15.9 Å². The summed E-state index contributed by atoms with van der Waals surface area (Å²) in [5.74, 6) is -1.00. The number of rotatable bonds is 3. The smallest absolute Gasteiger partial charge is 0.357 e. The lowest BCUT2D eigenvalue weighted by molar-refractivity contribution is 0.0515. The molecule has 0 aliphatic carbocycles. The highest BCUT2D eigenvalue weighted by molar-refractivity contribution is 9.10. The van der Waals surface area contributed by atoms with E-state index in [-0.39, 0.29) is 18.0 Å². The van der Waals surface area contributed by atoms with Crippen LogP contribution in [-0.2, 0) is 4.74 Å². The highest BCUT2D eigenvalue weighted by Crippen LogP contribution is 2.23. The van der Waals surface area contributed by atoms with Crippen LogP contribution in [0.1, 0.15) is 23.1 Å². The Morgan fingerprint density at radius 1 is 1.53 bits per heavy atom. The van der Waals surface area contributed by atoms with Gasteiger partial charge in [0.25, 0.3) is 0 Å². The summed E-state index contributed by atoms with van der Waals surface area (Å²) in [4.78, 5) is 11.8. The molecule has 0 unspecified atom stereocenters. The first kappa shape index (κ1) is 13.7. The number of aryl methyl sites for hydroxylation is 1. The molecule has 0 N–H and O–H groups in total. The van der Waals surface area contributed by atoms with Gasteiger partial charge in [0.2, 0.25) is 0 Å². The van der Waals surface area contributed by atoms with Crippen molar-refractivity contribution in [2.75, 3.05) is 6.61 Å². The third-order valence-electron chi connectivity index (χ3n) is 2.48. The van der Waals surface area contributed by atoms with Crippen LogP contribution < -0.4 is 0 Å². The molecular formula is C13H12BrFN2O2. The van der Waals surface area contributed by atoms with E-state index in [1.807, 2.05) is 0 Å². The molecule has 0 amide bonds. The van der Waals surface area contributed by atoms with Crippen LogP contribution in [0.25, 0.3) is 5.69 Å². The van der Waals surface area contributed by atoms with Crippen LogP contribution in [0.4, 0.5) is 4.39 Å². The molecular weight excluding hydrogens is 315 g/mol. The van der Waals surface area contributed by atoms with Gasteiger partial charge in [-0.05, 0) is 48.0 Å². The fourth-order valence-electron chi connectivity index (χ4n) is 1.69. The third-order valence-corrected chi connectivity index (χ3v) is 3.09. The van der Waals surface area contributed by atoms with E-state index in [9.17, 15) is 9.18 Å². The molecule has 0 fully saturated rings. The Hall–Kier alpha value is -1.69. The number of ether oxygens (including phenoxy) is 1. The summed E-state index contributed by atoms with van der Waals surface area (Å²) in [7, 11) is 0. The summed E-state index contributed by atoms with van der Waals surface area (Å²) >= 11 is 3.11. The monoisotopic (exact) mass is 326 g/mol. The lowest BCUT2D eigenvalue weighted by Gasteiger charge is -2.08. The fraction of sp³-hybridized carbons (Fsp3) is 0.231. The summed E-state index contributed by atoms with van der Waals surface area (Å²) in [6, 6.07) is 6.38. The average molecular weight is 327 g/mol. The van der Waals surface area contributed by atoms with Gasteiger partial charge in [-0.15, -0.1) is 0 Å². The summed E-state index contributed by atoms with van der Waals surface area (Å²) in [5.41, 5.74) is 1.02. The van der Waals surface area contributed by atoms with Gasteiger partial charge < -0.3 is 4.74 Å². The lowest BCUT2D eigenvalue weighted by Crippen LogP contribution is -2.13. The SMILES string of the molecule is CCOC(=O)c1cc(C)nn1-c1cccc(Br)c1F. The molecule has 19 heavy (non-hydrogen) atoms. The number of hydrogen-bond acceptors (Lipinski definition) is 3. The van der Waals surface area contributed by atoms with E-state index in [4.69, 9.17) is 4.74 Å². The number of carbonyl (C=O) groups is 1. The van der Waals surface area contributed by atoms with E-state index in [1.54, 1.807) is 38.1 Å². The molecule has 0 saturated carbocycles. The number of benzene rings is 1. The molecule has 2 aromatic rings. The van der Waals surface area contributed by atoms with Crippen molar-refractivity contribution < 1.29 is 13.9 Å². The Bertz CT molecular complexity index is 625. The largest absolute Gasteiger partial charge is 0.461 e. The Kier molecular flexibility index (Phi) is 3.99. The summed E-state index contributed by atoms with van der Waals surface area (Å²) in [6.45, 7) is 3.70. The van der Waals surface area contributed by atoms with E-state index in [1.165, 1.54) is 4.68 Å². The fourth-order valence-corrected chi connectivity index (χ4v) is 2.05. The van der Waals surface area contributed by atoms with E-state index < -0.39 is 11.8 Å². The minimum atomic E-state index is -0.525. The maximum absolute atomic E-state index is 14.1. The van der Waals surface area contributed by atoms with Crippen LogP contribution in [-0.4, -0.2) is 22.4 Å². The van der Waals surface area contributed by atoms with Gasteiger partial charge >= 0.3 is 5.97 Å². The van der Waals surface area contributed by atoms with Crippen molar-refractivity contribution >= 4 is 21.9 Å². The minimum Gasteiger partial charge on any atom is -0.461 e. The molecule has 4 nitrogen and oxygen atoms in total. The van der Waals surface area contributed by atoms with Crippen molar-refractivity contribution in [2.45, 2.75) is 13.8 Å². The molecule has 0 aliphatic heterocycles. The van der Waals surface area contributed by atoms with Gasteiger partial charge in [-0.3, -0.25) is 0 Å². The molecule has 1 heterocycles. The van der Waals surface area contributed by atoms with Crippen LogP contribution in [0.5, 0.6) is 0 Å². The zero-order chi connectivity index (χ0) is 14.0. The molecule has 100 valence electrons. The number of nitrogens with zero attached hydrogens (tertiary/aromatic N) is 2. The van der Waals surface area contributed by atoms with Gasteiger partial charge in [-0.25, -0.2) is 13.9 Å². The molecule has 0 bridgehead atoms. The summed E-state index contributed by atoms with van der Waals surface area (Å²) in [5, 5.41) is 4.14. The van der Waals surface area contributed by atoms with Gasteiger partial charge in [-0.1, -0.05) is 6.07 Å². The van der Waals surface area contributed by atoms with Crippen molar-refractivity contribution in [2.24, 2.45) is 0 Å². The first-order valence-electron chi connectivity index (χ1n) is 5.72. The van der Waals surface area contributed by atoms with Crippen LogP contribution in [0.15, 0.2) is 28.7 Å². The molecule has 2 rings (SSSR count). The molecule has 6 heteroatoms. The average Bonchev–Trinajstić information content (AvgIpc) is 2.75. The van der Waals surface area contributed by atoms with Gasteiger partial charge in [0.15, 0.2) is 11.5 Å². The lowest BCUT2D eigenvalue weighted by atomic mass is 10.3. The normalized spacial score (nSPS) is 10.5. The van der Waals surface area contributed by atoms with E-state index in [2.05, 4.69) is 21.0 Å². The summed E-state index contributed by atoms with van der Waals surface area (Å²) < 4.78 is 20.6. The van der Waals surface area contributed by atoms with Crippen molar-refractivity contribution in [3.63, 3.8) is 0 Å². The number of halogens is 2. The molecule has 0 radical (unpaired) electrons. The highest BCUT2D eigenvalue weighted by atomic mass is 79.9. The van der Waals surface area contributed by atoms with Gasteiger partial charge in [0, 0.05) is 0 Å².